The third-order valence-corrected chi connectivity index (χ3v) is 5.54. The van der Waals surface area contributed by atoms with Crippen molar-refractivity contribution in [2.24, 2.45) is 0 Å². The second-order valence-electron chi connectivity index (χ2n) is 7.23. The Balaban J connectivity index is 1.40. The lowest BCUT2D eigenvalue weighted by molar-refractivity contribution is 0.281. The highest BCUT2D eigenvalue weighted by atomic mass is 16.5. The second-order valence-corrected chi connectivity index (χ2v) is 7.23. The number of ether oxygens (including phenoxy) is 1. The van der Waals surface area contributed by atoms with Gasteiger partial charge in [0.15, 0.2) is 0 Å². The van der Waals surface area contributed by atoms with Crippen LogP contribution in [0.1, 0.15) is 30.7 Å². The van der Waals surface area contributed by atoms with Crippen LogP contribution in [0.2, 0.25) is 0 Å². The van der Waals surface area contributed by atoms with E-state index in [1.807, 2.05) is 48.7 Å². The van der Waals surface area contributed by atoms with Gasteiger partial charge in [-0.25, -0.2) is 4.98 Å². The van der Waals surface area contributed by atoms with Gasteiger partial charge in [0, 0.05) is 28.9 Å². The van der Waals surface area contributed by atoms with E-state index < -0.39 is 0 Å². The number of nitrogens with zero attached hydrogens (tertiary/aromatic N) is 4. The zero-order chi connectivity index (χ0) is 19.0. The van der Waals surface area contributed by atoms with E-state index in [2.05, 4.69) is 37.9 Å². The van der Waals surface area contributed by atoms with Gasteiger partial charge in [0.05, 0.1) is 35.9 Å². The van der Waals surface area contributed by atoms with Gasteiger partial charge in [-0.05, 0) is 37.1 Å². The summed E-state index contributed by atoms with van der Waals surface area (Å²) in [4.78, 5) is 4.66. The predicted molar refractivity (Wildman–Crippen MR) is 107 cm³/mol. The first-order chi connectivity index (χ1) is 13.8. The highest BCUT2D eigenvalue weighted by Gasteiger charge is 2.41. The molecule has 0 bridgehead atoms. The fourth-order valence-electron chi connectivity index (χ4n) is 3.79. The number of H-pyrrole nitrogens is 1. The molecule has 0 aliphatic heterocycles. The molecular formula is C22H20N5O. The number of hydrogen-bond donors (Lipinski definition) is 1. The van der Waals surface area contributed by atoms with Crippen molar-refractivity contribution in [2.75, 3.05) is 7.11 Å². The number of aromatic nitrogens is 5. The van der Waals surface area contributed by atoms with Gasteiger partial charge >= 0.3 is 0 Å². The van der Waals surface area contributed by atoms with Crippen molar-refractivity contribution in [3.8, 4) is 17.1 Å². The van der Waals surface area contributed by atoms with E-state index in [0.717, 1.165) is 46.4 Å². The van der Waals surface area contributed by atoms with E-state index in [1.165, 1.54) is 6.42 Å². The van der Waals surface area contributed by atoms with E-state index in [9.17, 15) is 0 Å². The third kappa shape index (κ3) is 2.91. The van der Waals surface area contributed by atoms with Crippen LogP contribution in [0.4, 0.5) is 0 Å². The van der Waals surface area contributed by atoms with Crippen molar-refractivity contribution in [2.45, 2.75) is 24.7 Å². The normalized spacial score (nSPS) is 15.3. The van der Waals surface area contributed by atoms with Crippen molar-refractivity contribution in [3.63, 3.8) is 0 Å². The monoisotopic (exact) mass is 370 g/mol. The van der Waals surface area contributed by atoms with Crippen LogP contribution in [0.3, 0.4) is 0 Å². The average Bonchev–Trinajstić information content (AvgIpc) is 3.19. The third-order valence-electron chi connectivity index (χ3n) is 5.54. The van der Waals surface area contributed by atoms with Gasteiger partial charge in [0.1, 0.15) is 0 Å². The highest BCUT2D eigenvalue weighted by molar-refractivity contribution is 5.82. The molecule has 0 spiro atoms. The Labute approximate surface area is 163 Å². The van der Waals surface area contributed by atoms with Crippen LogP contribution < -0.4 is 4.74 Å². The SMILES string of the molecule is COc1cccc(C2([CH]c3ccc(-c4ccc5cn[nH]c5c4)nn3)CCC2)n1. The number of aromatic amines is 1. The van der Waals surface area contributed by atoms with Crippen LogP contribution in [0, 0.1) is 6.42 Å². The molecule has 1 fully saturated rings. The summed E-state index contributed by atoms with van der Waals surface area (Å²) in [6.07, 6.45) is 7.33. The molecule has 1 aliphatic rings. The number of benzene rings is 1. The standard InChI is InChI=1S/C22H20N5O/c1-28-21-5-2-4-20(24-21)22(10-3-11-22)13-17-8-9-18(27-25-17)15-6-7-16-14-23-26-19(16)12-15/h2,4-9,12-14H,3,10-11H2,1H3,(H,23,26). The first-order valence-electron chi connectivity index (χ1n) is 9.40. The summed E-state index contributed by atoms with van der Waals surface area (Å²) in [7, 11) is 1.65. The number of nitrogens with one attached hydrogen (secondary N) is 1. The van der Waals surface area contributed by atoms with Crippen molar-refractivity contribution in [1.82, 2.24) is 25.4 Å². The zero-order valence-corrected chi connectivity index (χ0v) is 15.6. The fraction of sp³-hybridized carbons (Fsp3) is 0.227. The minimum Gasteiger partial charge on any atom is -0.481 e. The van der Waals surface area contributed by atoms with Crippen molar-refractivity contribution in [3.05, 3.63) is 72.5 Å². The molecule has 5 rings (SSSR count). The van der Waals surface area contributed by atoms with Crippen LogP contribution in [0.25, 0.3) is 22.2 Å². The minimum atomic E-state index is -0.0838. The highest BCUT2D eigenvalue weighted by Crippen LogP contribution is 2.46. The van der Waals surface area contributed by atoms with E-state index >= 15 is 0 Å². The molecule has 6 nitrogen and oxygen atoms in total. The maximum atomic E-state index is 5.30. The number of pyridine rings is 1. The molecule has 4 aromatic rings. The molecule has 1 saturated carbocycles. The zero-order valence-electron chi connectivity index (χ0n) is 15.6. The molecule has 1 aromatic carbocycles. The van der Waals surface area contributed by atoms with Crippen LogP contribution in [-0.4, -0.2) is 32.5 Å². The van der Waals surface area contributed by atoms with E-state index in [-0.39, 0.29) is 5.41 Å². The summed E-state index contributed by atoms with van der Waals surface area (Å²) < 4.78 is 5.30. The molecule has 0 unspecified atom stereocenters. The molecule has 6 heteroatoms. The molecule has 28 heavy (non-hydrogen) atoms. The van der Waals surface area contributed by atoms with Crippen molar-refractivity contribution < 1.29 is 4.74 Å². The number of hydrogen-bond acceptors (Lipinski definition) is 5. The molecule has 0 saturated heterocycles. The smallest absolute Gasteiger partial charge is 0.213 e. The lowest BCUT2D eigenvalue weighted by Crippen LogP contribution is -2.36. The summed E-state index contributed by atoms with van der Waals surface area (Å²) >= 11 is 0. The van der Waals surface area contributed by atoms with E-state index in [1.54, 1.807) is 7.11 Å². The first kappa shape index (κ1) is 16.9. The molecule has 139 valence electrons. The Hall–Kier alpha value is -3.28. The van der Waals surface area contributed by atoms with Crippen LogP contribution in [0.15, 0.2) is 54.7 Å². The minimum absolute atomic E-state index is 0.0838. The lowest BCUT2D eigenvalue weighted by Gasteiger charge is -2.41. The largest absolute Gasteiger partial charge is 0.481 e. The van der Waals surface area contributed by atoms with Gasteiger partial charge in [-0.3, -0.25) is 5.10 Å². The molecule has 1 N–H and O–H groups in total. The molecule has 0 amide bonds. The van der Waals surface area contributed by atoms with E-state index in [0.29, 0.717) is 5.88 Å². The lowest BCUT2D eigenvalue weighted by atomic mass is 9.64. The number of rotatable bonds is 5. The van der Waals surface area contributed by atoms with Gasteiger partial charge in [-0.1, -0.05) is 24.6 Å². The van der Waals surface area contributed by atoms with Gasteiger partial charge < -0.3 is 4.74 Å². The molecule has 1 radical (unpaired) electrons. The fourth-order valence-corrected chi connectivity index (χ4v) is 3.79. The number of fused-ring (bicyclic) bond motifs is 1. The Morgan fingerprint density at radius 1 is 1.07 bits per heavy atom. The van der Waals surface area contributed by atoms with Crippen molar-refractivity contribution >= 4 is 10.9 Å². The Morgan fingerprint density at radius 3 is 2.75 bits per heavy atom. The van der Waals surface area contributed by atoms with Gasteiger partial charge in [-0.15, -0.1) is 0 Å². The van der Waals surface area contributed by atoms with Gasteiger partial charge in [-0.2, -0.15) is 15.3 Å². The summed E-state index contributed by atoms with van der Waals surface area (Å²) in [6, 6.07) is 16.1. The Morgan fingerprint density at radius 2 is 2.00 bits per heavy atom. The topological polar surface area (TPSA) is 76.6 Å². The molecule has 3 heterocycles. The van der Waals surface area contributed by atoms with Gasteiger partial charge in [0.2, 0.25) is 5.88 Å². The maximum absolute atomic E-state index is 5.30. The first-order valence-corrected chi connectivity index (χ1v) is 9.40. The summed E-state index contributed by atoms with van der Waals surface area (Å²) in [5.74, 6) is 0.646. The van der Waals surface area contributed by atoms with E-state index in [4.69, 9.17) is 4.74 Å². The Kier molecular flexibility index (Phi) is 4.04. The summed E-state index contributed by atoms with van der Waals surface area (Å²) in [5.41, 5.74) is 4.68. The Bertz CT molecular complexity index is 1120. The maximum Gasteiger partial charge on any atom is 0.213 e. The van der Waals surface area contributed by atoms with Crippen LogP contribution in [0.5, 0.6) is 5.88 Å². The molecule has 0 atom stereocenters. The quantitative estimate of drug-likeness (QED) is 0.572. The van der Waals surface area contributed by atoms with Crippen LogP contribution in [-0.2, 0) is 5.41 Å². The number of methoxy groups -OCH3 is 1. The average molecular weight is 370 g/mol. The van der Waals surface area contributed by atoms with Gasteiger partial charge in [0.25, 0.3) is 0 Å². The molecule has 1 aliphatic carbocycles. The summed E-state index contributed by atoms with van der Waals surface area (Å²) in [6.45, 7) is 0. The predicted octanol–water partition coefficient (Wildman–Crippen LogP) is 4.10. The van der Waals surface area contributed by atoms with Crippen LogP contribution >= 0.6 is 0 Å². The van der Waals surface area contributed by atoms with Crippen molar-refractivity contribution in [1.29, 1.82) is 0 Å². The summed E-state index contributed by atoms with van der Waals surface area (Å²) in [5, 5.41) is 17.1. The molecule has 3 aromatic heterocycles. The second kappa shape index (κ2) is 6.71. The molecular weight excluding hydrogens is 350 g/mol.